The van der Waals surface area contributed by atoms with E-state index in [0.29, 0.717) is 0 Å². The predicted octanol–water partition coefficient (Wildman–Crippen LogP) is 3.60. The van der Waals surface area contributed by atoms with E-state index >= 15 is 0 Å². The van der Waals surface area contributed by atoms with Crippen LogP contribution in [-0.2, 0) is 6.42 Å². The van der Waals surface area contributed by atoms with Crippen molar-refractivity contribution < 1.29 is 9.15 Å². The van der Waals surface area contributed by atoms with E-state index in [1.807, 2.05) is 18.2 Å². The van der Waals surface area contributed by atoms with E-state index in [2.05, 4.69) is 51.2 Å². The van der Waals surface area contributed by atoms with Gasteiger partial charge in [0.2, 0.25) is 5.88 Å². The van der Waals surface area contributed by atoms with Gasteiger partial charge in [0.15, 0.2) is 6.39 Å². The van der Waals surface area contributed by atoms with Crippen LogP contribution in [0, 0.1) is 0 Å². The van der Waals surface area contributed by atoms with Gasteiger partial charge in [0.05, 0.1) is 7.11 Å². The first-order valence-electron chi connectivity index (χ1n) is 8.94. The highest BCUT2D eigenvalue weighted by atomic mass is 16.5. The molecule has 0 unspecified atom stereocenters. The van der Waals surface area contributed by atoms with Gasteiger partial charge < -0.3 is 19.0 Å². The molecule has 0 N–H and O–H groups in total. The molecule has 1 aliphatic rings. The fraction of sp³-hybridized carbons (Fsp3) is 0.286. The molecule has 0 spiro atoms. The van der Waals surface area contributed by atoms with E-state index in [1.54, 1.807) is 13.5 Å². The van der Waals surface area contributed by atoms with Crippen molar-refractivity contribution in [3.05, 3.63) is 72.2 Å². The molecule has 1 aromatic heterocycles. The smallest absolute Gasteiger partial charge is 0.219 e. The van der Waals surface area contributed by atoms with Crippen LogP contribution in [0.4, 0.5) is 11.6 Å². The van der Waals surface area contributed by atoms with Crippen LogP contribution in [0.5, 0.6) is 5.75 Å². The molecule has 134 valence electrons. The maximum Gasteiger partial charge on any atom is 0.219 e. The van der Waals surface area contributed by atoms with Crippen molar-refractivity contribution in [3.8, 4) is 5.75 Å². The second-order valence-corrected chi connectivity index (χ2v) is 6.44. The van der Waals surface area contributed by atoms with E-state index in [-0.39, 0.29) is 0 Å². The van der Waals surface area contributed by atoms with E-state index in [9.17, 15) is 0 Å². The lowest BCUT2D eigenvalue weighted by atomic mass is 10.1. The second kappa shape index (κ2) is 7.52. The van der Waals surface area contributed by atoms with Crippen LogP contribution < -0.4 is 14.5 Å². The SMILES string of the molecule is COc1ccc(N2CCN(c3ocnc3Cc3ccccc3)CC2)cc1. The van der Waals surface area contributed by atoms with Crippen LogP contribution >= 0.6 is 0 Å². The number of benzene rings is 2. The van der Waals surface area contributed by atoms with Gasteiger partial charge in [-0.3, -0.25) is 0 Å². The van der Waals surface area contributed by atoms with Crippen LogP contribution in [0.1, 0.15) is 11.3 Å². The molecule has 0 bridgehead atoms. The maximum absolute atomic E-state index is 5.73. The fourth-order valence-corrected chi connectivity index (χ4v) is 3.39. The molecule has 4 rings (SSSR count). The van der Waals surface area contributed by atoms with Crippen LogP contribution in [-0.4, -0.2) is 38.3 Å². The summed E-state index contributed by atoms with van der Waals surface area (Å²) >= 11 is 0. The summed E-state index contributed by atoms with van der Waals surface area (Å²) in [4.78, 5) is 9.14. The van der Waals surface area contributed by atoms with Gasteiger partial charge in [-0.1, -0.05) is 30.3 Å². The third-order valence-corrected chi connectivity index (χ3v) is 4.84. The highest BCUT2D eigenvalue weighted by Crippen LogP contribution is 2.26. The van der Waals surface area contributed by atoms with Crippen molar-refractivity contribution in [1.29, 1.82) is 0 Å². The minimum atomic E-state index is 0.797. The number of piperazine rings is 1. The zero-order valence-corrected chi connectivity index (χ0v) is 15.0. The number of aromatic nitrogens is 1. The normalized spacial score (nSPS) is 14.5. The Morgan fingerprint density at radius 3 is 2.31 bits per heavy atom. The second-order valence-electron chi connectivity index (χ2n) is 6.44. The predicted molar refractivity (Wildman–Crippen MR) is 103 cm³/mol. The van der Waals surface area contributed by atoms with Crippen molar-refractivity contribution in [2.24, 2.45) is 0 Å². The molecular weight excluding hydrogens is 326 g/mol. The molecule has 1 aliphatic heterocycles. The molecule has 0 amide bonds. The molecule has 2 heterocycles. The highest BCUT2D eigenvalue weighted by molar-refractivity contribution is 5.52. The highest BCUT2D eigenvalue weighted by Gasteiger charge is 2.22. The number of ether oxygens (including phenoxy) is 1. The Balaban J connectivity index is 1.41. The Bertz CT molecular complexity index is 822. The van der Waals surface area contributed by atoms with Crippen molar-refractivity contribution in [2.45, 2.75) is 6.42 Å². The monoisotopic (exact) mass is 349 g/mol. The van der Waals surface area contributed by atoms with Crippen molar-refractivity contribution >= 4 is 11.6 Å². The lowest BCUT2D eigenvalue weighted by Crippen LogP contribution is -2.46. The molecule has 5 heteroatoms. The van der Waals surface area contributed by atoms with Gasteiger partial charge in [0, 0.05) is 38.3 Å². The topological polar surface area (TPSA) is 41.7 Å². The summed E-state index contributed by atoms with van der Waals surface area (Å²) in [5, 5.41) is 0. The number of rotatable bonds is 5. The Hall–Kier alpha value is -2.95. The number of nitrogens with zero attached hydrogens (tertiary/aromatic N) is 3. The molecule has 0 aliphatic carbocycles. The first-order valence-corrected chi connectivity index (χ1v) is 8.94. The number of methoxy groups -OCH3 is 1. The molecule has 5 nitrogen and oxygen atoms in total. The minimum absolute atomic E-state index is 0.797. The lowest BCUT2D eigenvalue weighted by Gasteiger charge is -2.36. The number of oxazole rings is 1. The standard InChI is InChI=1S/C21H23N3O2/c1-25-19-9-7-18(8-10-19)23-11-13-24(14-12-23)21-20(22-16-26-21)15-17-5-3-2-4-6-17/h2-10,16H,11-15H2,1H3. The summed E-state index contributed by atoms with van der Waals surface area (Å²) in [5.41, 5.74) is 3.49. The van der Waals surface area contributed by atoms with Gasteiger partial charge in [0.1, 0.15) is 11.4 Å². The van der Waals surface area contributed by atoms with Crippen molar-refractivity contribution in [2.75, 3.05) is 43.1 Å². The molecular formula is C21H23N3O2. The zero-order valence-electron chi connectivity index (χ0n) is 15.0. The first-order chi connectivity index (χ1) is 12.8. The number of hydrogen-bond donors (Lipinski definition) is 0. The van der Waals surface area contributed by atoms with Gasteiger partial charge in [-0.25, -0.2) is 4.98 Å². The largest absolute Gasteiger partial charge is 0.497 e. The summed E-state index contributed by atoms with van der Waals surface area (Å²) in [7, 11) is 1.69. The Labute approximate surface area is 153 Å². The quantitative estimate of drug-likeness (QED) is 0.704. The Morgan fingerprint density at radius 1 is 0.923 bits per heavy atom. The molecule has 0 saturated carbocycles. The number of hydrogen-bond acceptors (Lipinski definition) is 5. The van der Waals surface area contributed by atoms with Gasteiger partial charge in [0.25, 0.3) is 0 Å². The molecule has 0 radical (unpaired) electrons. The van der Waals surface area contributed by atoms with E-state index in [1.165, 1.54) is 11.3 Å². The Kier molecular flexibility index (Phi) is 4.78. The molecule has 1 fully saturated rings. The van der Waals surface area contributed by atoms with Gasteiger partial charge in [-0.2, -0.15) is 0 Å². The van der Waals surface area contributed by atoms with Gasteiger partial charge >= 0.3 is 0 Å². The summed E-state index contributed by atoms with van der Waals surface area (Å²) in [5.74, 6) is 1.79. The number of anilines is 2. The van der Waals surface area contributed by atoms with E-state index < -0.39 is 0 Å². The van der Waals surface area contributed by atoms with Gasteiger partial charge in [-0.05, 0) is 29.8 Å². The van der Waals surface area contributed by atoms with E-state index in [0.717, 1.165) is 49.9 Å². The average Bonchev–Trinajstić information content (AvgIpc) is 3.17. The summed E-state index contributed by atoms with van der Waals surface area (Å²) in [6.45, 7) is 3.75. The zero-order chi connectivity index (χ0) is 17.8. The summed E-state index contributed by atoms with van der Waals surface area (Å²) in [6.07, 6.45) is 2.36. The summed E-state index contributed by atoms with van der Waals surface area (Å²) in [6, 6.07) is 18.6. The van der Waals surface area contributed by atoms with Gasteiger partial charge in [-0.15, -0.1) is 0 Å². The maximum atomic E-state index is 5.73. The lowest BCUT2D eigenvalue weighted by molar-refractivity contribution is 0.415. The Morgan fingerprint density at radius 2 is 1.62 bits per heavy atom. The third-order valence-electron chi connectivity index (χ3n) is 4.84. The molecule has 3 aromatic rings. The fourth-order valence-electron chi connectivity index (χ4n) is 3.39. The molecule has 2 aromatic carbocycles. The van der Waals surface area contributed by atoms with Crippen LogP contribution in [0.25, 0.3) is 0 Å². The molecule has 0 atom stereocenters. The average molecular weight is 349 g/mol. The first kappa shape index (κ1) is 16.5. The molecule has 1 saturated heterocycles. The van der Waals surface area contributed by atoms with E-state index in [4.69, 9.17) is 9.15 Å². The van der Waals surface area contributed by atoms with Crippen LogP contribution in [0.2, 0.25) is 0 Å². The molecule has 26 heavy (non-hydrogen) atoms. The minimum Gasteiger partial charge on any atom is -0.497 e. The summed E-state index contributed by atoms with van der Waals surface area (Å²) < 4.78 is 11.0. The van der Waals surface area contributed by atoms with Crippen molar-refractivity contribution in [1.82, 2.24) is 4.98 Å². The van der Waals surface area contributed by atoms with Crippen molar-refractivity contribution in [3.63, 3.8) is 0 Å². The van der Waals surface area contributed by atoms with Crippen LogP contribution in [0.15, 0.2) is 65.4 Å². The third kappa shape index (κ3) is 3.52. The van der Waals surface area contributed by atoms with Crippen LogP contribution in [0.3, 0.4) is 0 Å².